The molecule has 2 atom stereocenters. The van der Waals surface area contributed by atoms with Gasteiger partial charge in [0, 0.05) is 48.9 Å². The summed E-state index contributed by atoms with van der Waals surface area (Å²) in [6.07, 6.45) is 1.58. The summed E-state index contributed by atoms with van der Waals surface area (Å²) in [6, 6.07) is 5.00. The molecule has 154 valence electrons. The third-order valence-corrected chi connectivity index (χ3v) is 5.87. The van der Waals surface area contributed by atoms with E-state index in [9.17, 15) is 18.7 Å². The highest BCUT2D eigenvalue weighted by atomic mass is 35.5. The summed E-state index contributed by atoms with van der Waals surface area (Å²) in [7, 11) is 0. The van der Waals surface area contributed by atoms with Crippen LogP contribution in [0.3, 0.4) is 0 Å². The number of benzene rings is 2. The van der Waals surface area contributed by atoms with E-state index in [0.717, 1.165) is 12.1 Å². The fourth-order valence-corrected chi connectivity index (χ4v) is 4.32. The van der Waals surface area contributed by atoms with Crippen LogP contribution in [0.1, 0.15) is 24.2 Å². The zero-order valence-electron chi connectivity index (χ0n) is 15.8. The largest absolute Gasteiger partial charge is 0.508 e. The number of fused-ring (bicyclic) bond motifs is 1. The first kappa shape index (κ1) is 21.4. The minimum atomic E-state index is -0.886. The number of hydrogen-bond acceptors (Lipinski definition) is 5. The Kier molecular flexibility index (Phi) is 6.07. The Morgan fingerprint density at radius 3 is 2.62 bits per heavy atom. The molecule has 1 amide bonds. The number of aromatic hydroxyl groups is 1. The van der Waals surface area contributed by atoms with Gasteiger partial charge in [-0.25, -0.2) is 8.78 Å². The zero-order chi connectivity index (χ0) is 20.0. The molecule has 29 heavy (non-hydrogen) atoms. The molecule has 0 spiro atoms. The summed E-state index contributed by atoms with van der Waals surface area (Å²) < 4.78 is 33.6. The molecule has 1 saturated heterocycles. The van der Waals surface area contributed by atoms with E-state index in [1.165, 1.54) is 17.6 Å². The molecule has 2 heterocycles. The second kappa shape index (κ2) is 8.22. The minimum absolute atomic E-state index is 0. The van der Waals surface area contributed by atoms with Crippen molar-refractivity contribution in [2.75, 3.05) is 13.1 Å². The molecule has 1 aliphatic rings. The zero-order valence-corrected chi connectivity index (χ0v) is 17.4. The number of phenolic OH excluding ortho intramolecular Hbond substituents is 1. The number of hydrogen-bond donors (Lipinski definition) is 2. The maximum Gasteiger partial charge on any atom is 0.255 e. The number of phenols is 1. The van der Waals surface area contributed by atoms with Gasteiger partial charge in [-0.1, -0.05) is 0 Å². The van der Waals surface area contributed by atoms with Crippen molar-refractivity contribution in [3.8, 4) is 16.9 Å². The molecule has 2 N–H and O–H groups in total. The molecule has 1 aliphatic heterocycles. The number of carbonyl (C=O) groups excluding carboxylic acids is 1. The number of halogens is 3. The Bertz CT molecular complexity index is 1050. The number of nitrogens with zero attached hydrogens (tertiary/aromatic N) is 2. The maximum atomic E-state index is 14.4. The van der Waals surface area contributed by atoms with Crippen molar-refractivity contribution in [1.29, 1.82) is 0 Å². The second-order valence-electron chi connectivity index (χ2n) is 7.17. The molecule has 1 aromatic heterocycles. The highest BCUT2D eigenvalue weighted by Gasteiger charge is 2.29. The molecule has 0 bridgehead atoms. The van der Waals surface area contributed by atoms with E-state index in [4.69, 9.17) is 0 Å². The van der Waals surface area contributed by atoms with Crippen LogP contribution in [0.2, 0.25) is 0 Å². The summed E-state index contributed by atoms with van der Waals surface area (Å²) >= 11 is 1.18. The smallest absolute Gasteiger partial charge is 0.255 e. The Hall–Kier alpha value is -2.29. The number of rotatable bonds is 2. The molecule has 0 aliphatic carbocycles. The van der Waals surface area contributed by atoms with Crippen molar-refractivity contribution in [1.82, 2.24) is 14.6 Å². The van der Waals surface area contributed by atoms with E-state index in [0.29, 0.717) is 28.7 Å². The van der Waals surface area contributed by atoms with Crippen LogP contribution in [-0.2, 0) is 0 Å². The molecular formula is C20H20ClF2N3O2S. The van der Waals surface area contributed by atoms with Crippen molar-refractivity contribution >= 4 is 39.9 Å². The van der Waals surface area contributed by atoms with Crippen molar-refractivity contribution in [2.24, 2.45) is 0 Å². The van der Waals surface area contributed by atoms with E-state index in [1.807, 2.05) is 13.8 Å². The lowest BCUT2D eigenvalue weighted by Crippen LogP contribution is -2.56. The molecule has 2 aromatic carbocycles. The lowest BCUT2D eigenvalue weighted by Gasteiger charge is -2.37. The van der Waals surface area contributed by atoms with Crippen LogP contribution in [0.25, 0.3) is 21.2 Å². The standard InChI is InChI=1S/C20H19F2N3O2S.ClH/c1-10-9-25(11(2)7-23-10)20(27)15-4-12(3-13-8-24-28-19(13)15)18-16(21)5-14(26)6-17(18)22;/h3-6,8,10-11,23,26H,7,9H2,1-2H3;1H/t10-,11-;/m1./s1. The van der Waals surface area contributed by atoms with Crippen molar-refractivity contribution in [2.45, 2.75) is 25.9 Å². The topological polar surface area (TPSA) is 65.5 Å². The van der Waals surface area contributed by atoms with Crippen LogP contribution >= 0.6 is 23.9 Å². The fraction of sp³-hybridized carbons (Fsp3) is 0.300. The van der Waals surface area contributed by atoms with Gasteiger partial charge in [-0.2, -0.15) is 4.37 Å². The first-order chi connectivity index (χ1) is 13.3. The van der Waals surface area contributed by atoms with E-state index in [-0.39, 0.29) is 41.5 Å². The van der Waals surface area contributed by atoms with Gasteiger partial charge in [0.2, 0.25) is 0 Å². The third-order valence-electron chi connectivity index (χ3n) is 5.02. The first-order valence-electron chi connectivity index (χ1n) is 8.96. The molecule has 3 aromatic rings. The minimum Gasteiger partial charge on any atom is -0.508 e. The normalized spacial score (nSPS) is 19.2. The number of nitrogens with one attached hydrogen (secondary N) is 1. The van der Waals surface area contributed by atoms with E-state index >= 15 is 0 Å². The van der Waals surface area contributed by atoms with Gasteiger partial charge in [-0.3, -0.25) is 4.79 Å². The molecule has 9 heteroatoms. The Balaban J connectivity index is 0.00000240. The number of aromatic nitrogens is 1. The summed E-state index contributed by atoms with van der Waals surface area (Å²) in [5.74, 6) is -2.45. The van der Waals surface area contributed by atoms with Gasteiger partial charge in [0.15, 0.2) is 0 Å². The van der Waals surface area contributed by atoms with E-state index in [1.54, 1.807) is 17.2 Å². The number of amides is 1. The molecule has 5 nitrogen and oxygen atoms in total. The summed E-state index contributed by atoms with van der Waals surface area (Å²) in [6.45, 7) is 5.20. The highest BCUT2D eigenvalue weighted by Crippen LogP contribution is 2.35. The molecule has 1 fully saturated rings. The monoisotopic (exact) mass is 439 g/mol. The third kappa shape index (κ3) is 3.92. The molecular weight excluding hydrogens is 420 g/mol. The Morgan fingerprint density at radius 2 is 1.93 bits per heavy atom. The van der Waals surface area contributed by atoms with Gasteiger partial charge in [-0.15, -0.1) is 12.4 Å². The average molecular weight is 440 g/mol. The van der Waals surface area contributed by atoms with Gasteiger partial charge in [0.1, 0.15) is 17.4 Å². The highest BCUT2D eigenvalue weighted by molar-refractivity contribution is 7.13. The van der Waals surface area contributed by atoms with Crippen LogP contribution in [0.4, 0.5) is 8.78 Å². The fourth-order valence-electron chi connectivity index (χ4n) is 3.58. The van der Waals surface area contributed by atoms with Crippen LogP contribution in [0, 0.1) is 11.6 Å². The van der Waals surface area contributed by atoms with Crippen LogP contribution in [0.5, 0.6) is 5.75 Å². The van der Waals surface area contributed by atoms with Crippen LogP contribution < -0.4 is 5.32 Å². The Labute approximate surface area is 176 Å². The van der Waals surface area contributed by atoms with E-state index < -0.39 is 17.4 Å². The molecule has 4 rings (SSSR count). The van der Waals surface area contributed by atoms with Gasteiger partial charge in [0.25, 0.3) is 5.91 Å². The lowest BCUT2D eigenvalue weighted by molar-refractivity contribution is 0.0618. The van der Waals surface area contributed by atoms with Crippen LogP contribution in [-0.4, -0.2) is 45.5 Å². The summed E-state index contributed by atoms with van der Waals surface area (Å²) in [5.41, 5.74) is 0.339. The molecule has 0 radical (unpaired) electrons. The lowest BCUT2D eigenvalue weighted by atomic mass is 9.98. The summed E-state index contributed by atoms with van der Waals surface area (Å²) in [5, 5.41) is 13.4. The quantitative estimate of drug-likeness (QED) is 0.628. The maximum absolute atomic E-state index is 14.4. The predicted molar refractivity (Wildman–Crippen MR) is 112 cm³/mol. The van der Waals surface area contributed by atoms with Crippen molar-refractivity contribution < 1.29 is 18.7 Å². The number of carbonyl (C=O) groups is 1. The summed E-state index contributed by atoms with van der Waals surface area (Å²) in [4.78, 5) is 15.1. The van der Waals surface area contributed by atoms with Crippen molar-refractivity contribution in [3.63, 3.8) is 0 Å². The first-order valence-corrected chi connectivity index (χ1v) is 9.73. The Morgan fingerprint density at radius 1 is 1.24 bits per heavy atom. The van der Waals surface area contributed by atoms with Crippen LogP contribution in [0.15, 0.2) is 30.5 Å². The molecule has 0 unspecified atom stereocenters. The van der Waals surface area contributed by atoms with Gasteiger partial charge >= 0.3 is 0 Å². The number of piperazine rings is 1. The predicted octanol–water partition coefficient (Wildman–Crippen LogP) is 4.19. The average Bonchev–Trinajstić information content (AvgIpc) is 3.10. The van der Waals surface area contributed by atoms with Gasteiger partial charge in [0.05, 0.1) is 15.8 Å². The second-order valence-corrected chi connectivity index (χ2v) is 7.97. The van der Waals surface area contributed by atoms with Gasteiger partial charge < -0.3 is 15.3 Å². The van der Waals surface area contributed by atoms with Gasteiger partial charge in [-0.05, 0) is 43.1 Å². The SMILES string of the molecule is C[C@@H]1CN(C(=O)c2cc(-c3c(F)cc(O)cc3F)cc3cnsc23)[C@H](C)CN1.Cl. The van der Waals surface area contributed by atoms with E-state index in [2.05, 4.69) is 9.69 Å². The molecule has 0 saturated carbocycles. The van der Waals surface area contributed by atoms with Crippen molar-refractivity contribution in [3.05, 3.63) is 47.7 Å².